The molecule has 1 amide bonds. The average Bonchev–Trinajstić information content (AvgIpc) is 2.55. The molecular formula is C16H24N2O3. The van der Waals surface area contributed by atoms with Gasteiger partial charge in [0, 0.05) is 24.7 Å². The molecule has 1 N–H and O–H groups in total. The smallest absolute Gasteiger partial charge is 0.254 e. The molecule has 0 spiro atoms. The molecule has 1 aromatic rings. The summed E-state index contributed by atoms with van der Waals surface area (Å²) >= 11 is 0. The van der Waals surface area contributed by atoms with Crippen molar-refractivity contribution in [2.75, 3.05) is 33.9 Å². The first-order valence-electron chi connectivity index (χ1n) is 7.45. The number of ether oxygens (including phenoxy) is 2. The molecule has 1 aromatic carbocycles. The maximum Gasteiger partial charge on any atom is 0.254 e. The van der Waals surface area contributed by atoms with Gasteiger partial charge in [-0.2, -0.15) is 0 Å². The molecule has 5 nitrogen and oxygen atoms in total. The molecule has 5 heteroatoms. The second-order valence-corrected chi connectivity index (χ2v) is 5.16. The van der Waals surface area contributed by atoms with Gasteiger partial charge in [-0.25, -0.2) is 0 Å². The highest BCUT2D eigenvalue weighted by Gasteiger charge is 2.25. The lowest BCUT2D eigenvalue weighted by Crippen LogP contribution is -2.48. The molecular weight excluding hydrogens is 268 g/mol. The van der Waals surface area contributed by atoms with Crippen LogP contribution in [0.4, 0.5) is 0 Å². The minimum absolute atomic E-state index is 0.0483. The Labute approximate surface area is 126 Å². The van der Waals surface area contributed by atoms with Crippen LogP contribution in [0.2, 0.25) is 0 Å². The first-order chi connectivity index (χ1) is 10.2. The van der Waals surface area contributed by atoms with Crippen LogP contribution in [-0.4, -0.2) is 50.7 Å². The summed E-state index contributed by atoms with van der Waals surface area (Å²) in [7, 11) is 3.17. The number of nitrogens with zero attached hydrogens (tertiary/aromatic N) is 1. The van der Waals surface area contributed by atoms with Crippen LogP contribution in [0.1, 0.15) is 30.1 Å². The molecule has 1 aliphatic rings. The Morgan fingerprint density at radius 2 is 2.10 bits per heavy atom. The van der Waals surface area contributed by atoms with E-state index in [1.54, 1.807) is 32.4 Å². The summed E-state index contributed by atoms with van der Waals surface area (Å²) in [5.74, 6) is 1.27. The van der Waals surface area contributed by atoms with Gasteiger partial charge in [0.25, 0.3) is 5.91 Å². The van der Waals surface area contributed by atoms with Crippen molar-refractivity contribution in [3.63, 3.8) is 0 Å². The van der Waals surface area contributed by atoms with Crippen molar-refractivity contribution >= 4 is 5.91 Å². The number of hydrogen-bond acceptors (Lipinski definition) is 4. The van der Waals surface area contributed by atoms with Crippen molar-refractivity contribution in [1.29, 1.82) is 0 Å². The number of carbonyl (C=O) groups excluding carboxylic acids is 1. The van der Waals surface area contributed by atoms with Gasteiger partial charge in [0.2, 0.25) is 0 Å². The lowest BCUT2D eigenvalue weighted by molar-refractivity contribution is 0.0661. The topological polar surface area (TPSA) is 50.8 Å². The Bertz CT molecular complexity index is 484. The summed E-state index contributed by atoms with van der Waals surface area (Å²) in [6, 6.07) is 5.59. The fourth-order valence-corrected chi connectivity index (χ4v) is 2.80. The van der Waals surface area contributed by atoms with Gasteiger partial charge in [-0.1, -0.05) is 0 Å². The van der Waals surface area contributed by atoms with Crippen LogP contribution in [0.5, 0.6) is 11.5 Å². The van der Waals surface area contributed by atoms with Crippen LogP contribution < -0.4 is 14.8 Å². The van der Waals surface area contributed by atoms with Gasteiger partial charge in [0.05, 0.1) is 14.2 Å². The monoisotopic (exact) mass is 292 g/mol. The molecule has 0 aromatic heterocycles. The molecule has 1 fully saturated rings. The van der Waals surface area contributed by atoms with Gasteiger partial charge < -0.3 is 19.7 Å². The maximum atomic E-state index is 12.7. The zero-order valence-corrected chi connectivity index (χ0v) is 13.0. The van der Waals surface area contributed by atoms with Crippen LogP contribution in [0.25, 0.3) is 0 Å². The van der Waals surface area contributed by atoms with Gasteiger partial charge in [0.15, 0.2) is 11.5 Å². The van der Waals surface area contributed by atoms with E-state index in [2.05, 4.69) is 5.32 Å². The van der Waals surface area contributed by atoms with Crippen molar-refractivity contribution in [2.24, 2.45) is 0 Å². The predicted octanol–water partition coefficient (Wildman–Crippen LogP) is 1.92. The summed E-state index contributed by atoms with van der Waals surface area (Å²) < 4.78 is 10.5. The lowest BCUT2D eigenvalue weighted by atomic mass is 10.0. The highest BCUT2D eigenvalue weighted by Crippen LogP contribution is 2.28. The van der Waals surface area contributed by atoms with E-state index >= 15 is 0 Å². The number of rotatable bonds is 5. The minimum atomic E-state index is 0.0483. The van der Waals surface area contributed by atoms with Gasteiger partial charge >= 0.3 is 0 Å². The SMILES string of the molecule is CCN(C(=O)c1ccc(OC)c(OC)c1)C1CCCNC1. The first-order valence-corrected chi connectivity index (χ1v) is 7.45. The Morgan fingerprint density at radius 1 is 1.33 bits per heavy atom. The summed E-state index contributed by atoms with van der Waals surface area (Å²) in [5, 5.41) is 3.36. The Kier molecular flexibility index (Phi) is 5.44. The molecule has 0 saturated carbocycles. The number of likely N-dealkylation sites (N-methyl/N-ethyl adjacent to an activating group) is 1. The van der Waals surface area contributed by atoms with Crippen molar-refractivity contribution in [3.8, 4) is 11.5 Å². The Morgan fingerprint density at radius 3 is 2.67 bits per heavy atom. The normalized spacial score (nSPS) is 18.1. The highest BCUT2D eigenvalue weighted by molar-refractivity contribution is 5.95. The van der Waals surface area contributed by atoms with Gasteiger partial charge in [-0.05, 0) is 44.5 Å². The van der Waals surface area contributed by atoms with Gasteiger partial charge in [0.1, 0.15) is 0 Å². The summed E-state index contributed by atoms with van der Waals surface area (Å²) in [6.07, 6.45) is 2.17. The zero-order valence-electron chi connectivity index (χ0n) is 13.0. The molecule has 0 radical (unpaired) electrons. The van der Waals surface area contributed by atoms with E-state index in [4.69, 9.17) is 9.47 Å². The molecule has 1 aliphatic heterocycles. The van der Waals surface area contributed by atoms with Crippen molar-refractivity contribution < 1.29 is 14.3 Å². The third-order valence-corrected chi connectivity index (χ3v) is 3.94. The molecule has 1 heterocycles. The number of hydrogen-bond donors (Lipinski definition) is 1. The van der Waals surface area contributed by atoms with E-state index < -0.39 is 0 Å². The molecule has 0 bridgehead atoms. The number of nitrogens with one attached hydrogen (secondary N) is 1. The maximum absolute atomic E-state index is 12.7. The molecule has 1 saturated heterocycles. The van der Waals surface area contributed by atoms with Crippen LogP contribution in [-0.2, 0) is 0 Å². The number of carbonyl (C=O) groups is 1. The van der Waals surface area contributed by atoms with Crippen LogP contribution in [0.3, 0.4) is 0 Å². The highest BCUT2D eigenvalue weighted by atomic mass is 16.5. The Hall–Kier alpha value is -1.75. The van der Waals surface area contributed by atoms with E-state index in [1.807, 2.05) is 11.8 Å². The average molecular weight is 292 g/mol. The number of methoxy groups -OCH3 is 2. The minimum Gasteiger partial charge on any atom is -0.493 e. The van der Waals surface area contributed by atoms with E-state index in [0.717, 1.165) is 25.9 Å². The largest absolute Gasteiger partial charge is 0.493 e. The zero-order chi connectivity index (χ0) is 15.2. The van der Waals surface area contributed by atoms with Crippen molar-refractivity contribution in [2.45, 2.75) is 25.8 Å². The molecule has 116 valence electrons. The van der Waals surface area contributed by atoms with E-state index in [0.29, 0.717) is 23.6 Å². The molecule has 2 rings (SSSR count). The van der Waals surface area contributed by atoms with E-state index in [-0.39, 0.29) is 11.9 Å². The van der Waals surface area contributed by atoms with Gasteiger partial charge in [-0.15, -0.1) is 0 Å². The van der Waals surface area contributed by atoms with Crippen LogP contribution in [0.15, 0.2) is 18.2 Å². The second kappa shape index (κ2) is 7.31. The fraction of sp³-hybridized carbons (Fsp3) is 0.562. The molecule has 21 heavy (non-hydrogen) atoms. The van der Waals surface area contributed by atoms with E-state index in [1.165, 1.54) is 0 Å². The third-order valence-electron chi connectivity index (χ3n) is 3.94. The van der Waals surface area contributed by atoms with Crippen LogP contribution in [0, 0.1) is 0 Å². The lowest BCUT2D eigenvalue weighted by Gasteiger charge is -2.34. The summed E-state index contributed by atoms with van der Waals surface area (Å²) in [5.41, 5.74) is 0.639. The molecule has 1 atom stereocenters. The van der Waals surface area contributed by atoms with Crippen molar-refractivity contribution in [1.82, 2.24) is 10.2 Å². The third kappa shape index (κ3) is 3.47. The molecule has 1 unspecified atom stereocenters. The second-order valence-electron chi connectivity index (χ2n) is 5.16. The van der Waals surface area contributed by atoms with E-state index in [9.17, 15) is 4.79 Å². The first kappa shape index (κ1) is 15.6. The fourth-order valence-electron chi connectivity index (χ4n) is 2.80. The van der Waals surface area contributed by atoms with Crippen molar-refractivity contribution in [3.05, 3.63) is 23.8 Å². The summed E-state index contributed by atoms with van der Waals surface area (Å²) in [4.78, 5) is 14.7. The Balaban J connectivity index is 2.20. The standard InChI is InChI=1S/C16H24N2O3/c1-4-18(13-6-5-9-17-11-13)16(19)12-7-8-14(20-2)15(10-12)21-3/h7-8,10,13,17H,4-6,9,11H2,1-3H3. The van der Waals surface area contributed by atoms with Crippen LogP contribution >= 0.6 is 0 Å². The predicted molar refractivity (Wildman–Crippen MR) is 82.1 cm³/mol. The number of piperidine rings is 1. The molecule has 0 aliphatic carbocycles. The number of benzene rings is 1. The number of amides is 1. The summed E-state index contributed by atoms with van der Waals surface area (Å²) in [6.45, 7) is 4.64. The quantitative estimate of drug-likeness (QED) is 0.901. The van der Waals surface area contributed by atoms with Gasteiger partial charge in [-0.3, -0.25) is 4.79 Å².